The average Bonchev–Trinajstić information content (AvgIpc) is 2.80. The molecule has 3 aromatic rings. The Morgan fingerprint density at radius 3 is 2.33 bits per heavy atom. The Bertz CT molecular complexity index is 1160. The molecule has 1 aliphatic heterocycles. The highest BCUT2D eigenvalue weighted by Gasteiger charge is 2.17. The summed E-state index contributed by atoms with van der Waals surface area (Å²) in [7, 11) is -1.54. The zero-order chi connectivity index (χ0) is 23.3. The molecule has 0 atom stereocenters. The van der Waals surface area contributed by atoms with Crippen LogP contribution in [-0.4, -0.2) is 39.5 Å². The van der Waals surface area contributed by atoms with Crippen LogP contribution in [0.15, 0.2) is 77.7 Å². The van der Waals surface area contributed by atoms with E-state index in [1.54, 1.807) is 60.7 Å². The summed E-state index contributed by atoms with van der Waals surface area (Å²) in [6, 6.07) is 21.3. The molecule has 0 unspecified atom stereocenters. The van der Waals surface area contributed by atoms with Gasteiger partial charge in [-0.05, 0) is 93.1 Å². The van der Waals surface area contributed by atoms with Crippen LogP contribution in [-0.2, 0) is 16.6 Å². The van der Waals surface area contributed by atoms with Crippen molar-refractivity contribution in [2.75, 3.05) is 24.9 Å². The molecule has 0 bridgehead atoms. The van der Waals surface area contributed by atoms with Crippen molar-refractivity contribution < 1.29 is 13.2 Å². The van der Waals surface area contributed by atoms with Crippen LogP contribution in [0.4, 0.5) is 5.69 Å². The lowest BCUT2D eigenvalue weighted by atomic mass is 10.1. The van der Waals surface area contributed by atoms with Crippen molar-refractivity contribution in [2.24, 2.45) is 0 Å². The zero-order valence-corrected chi connectivity index (χ0v) is 20.1. The van der Waals surface area contributed by atoms with Crippen molar-refractivity contribution in [2.45, 2.75) is 30.3 Å². The number of nitrogens with one attached hydrogen (secondary N) is 2. The molecular formula is C25H28ClN3O3S. The number of rotatable bonds is 8. The third kappa shape index (κ3) is 6.71. The first kappa shape index (κ1) is 23.6. The molecule has 0 saturated carbocycles. The molecule has 3 aromatic carbocycles. The first-order valence-electron chi connectivity index (χ1n) is 10.9. The van der Waals surface area contributed by atoms with Gasteiger partial charge in [0.15, 0.2) is 0 Å². The topological polar surface area (TPSA) is 70.7 Å². The van der Waals surface area contributed by atoms with E-state index in [-0.39, 0.29) is 4.90 Å². The Hall–Kier alpha value is -2.58. The highest BCUT2D eigenvalue weighted by molar-refractivity contribution is 7.92. The smallest absolute Gasteiger partial charge is 0.261 e. The van der Waals surface area contributed by atoms with Gasteiger partial charge in [-0.1, -0.05) is 29.8 Å². The first-order valence-corrected chi connectivity index (χ1v) is 12.8. The molecule has 6 nitrogen and oxygen atoms in total. The maximum absolute atomic E-state index is 12.8. The van der Waals surface area contributed by atoms with Crippen molar-refractivity contribution >= 4 is 27.3 Å². The number of likely N-dealkylation sites (tertiary alicyclic amines) is 1. The third-order valence-corrected chi connectivity index (χ3v) is 7.32. The fourth-order valence-electron chi connectivity index (χ4n) is 3.73. The Kier molecular flexibility index (Phi) is 7.55. The van der Waals surface area contributed by atoms with Crippen molar-refractivity contribution in [1.29, 1.82) is 0 Å². The standard InChI is InChI=1S/C25H28ClN3O3S/c1-29-15-13-21(14-16-29)27-18-19-5-11-25(12-6-19)33(30,31)28-22-7-9-23(10-8-22)32-24-4-2-3-20(26)17-24/h2-12,17,21,27-28H,13-16,18H2,1H3. The molecule has 0 aliphatic carbocycles. The predicted molar refractivity (Wildman–Crippen MR) is 133 cm³/mol. The Morgan fingerprint density at radius 2 is 1.67 bits per heavy atom. The molecular weight excluding hydrogens is 458 g/mol. The van der Waals surface area contributed by atoms with Gasteiger partial charge in [0.05, 0.1) is 4.90 Å². The third-order valence-electron chi connectivity index (χ3n) is 5.69. The van der Waals surface area contributed by atoms with Crippen LogP contribution in [0.5, 0.6) is 11.5 Å². The lowest BCUT2D eigenvalue weighted by Gasteiger charge is -2.29. The summed E-state index contributed by atoms with van der Waals surface area (Å²) >= 11 is 5.97. The van der Waals surface area contributed by atoms with Gasteiger partial charge >= 0.3 is 0 Å². The van der Waals surface area contributed by atoms with Crippen LogP contribution in [0, 0.1) is 0 Å². The van der Waals surface area contributed by atoms with Crippen molar-refractivity contribution in [3.05, 3.63) is 83.4 Å². The van der Waals surface area contributed by atoms with Crippen LogP contribution in [0.3, 0.4) is 0 Å². The molecule has 33 heavy (non-hydrogen) atoms. The lowest BCUT2D eigenvalue weighted by molar-refractivity contribution is 0.234. The van der Waals surface area contributed by atoms with E-state index < -0.39 is 10.0 Å². The zero-order valence-electron chi connectivity index (χ0n) is 18.5. The van der Waals surface area contributed by atoms with Gasteiger partial charge in [-0.2, -0.15) is 0 Å². The molecule has 0 radical (unpaired) electrons. The summed E-state index contributed by atoms with van der Waals surface area (Å²) in [5.74, 6) is 1.20. The summed E-state index contributed by atoms with van der Waals surface area (Å²) in [6.07, 6.45) is 2.27. The van der Waals surface area contributed by atoms with Gasteiger partial charge in [0.1, 0.15) is 11.5 Å². The molecule has 2 N–H and O–H groups in total. The molecule has 8 heteroatoms. The normalized spacial score (nSPS) is 15.3. The maximum Gasteiger partial charge on any atom is 0.261 e. The van der Waals surface area contributed by atoms with E-state index >= 15 is 0 Å². The van der Waals surface area contributed by atoms with E-state index in [4.69, 9.17) is 16.3 Å². The van der Waals surface area contributed by atoms with Crippen LogP contribution >= 0.6 is 11.6 Å². The minimum absolute atomic E-state index is 0.227. The number of sulfonamides is 1. The fraction of sp³-hybridized carbons (Fsp3) is 0.280. The van der Waals surface area contributed by atoms with Crippen molar-refractivity contribution in [3.63, 3.8) is 0 Å². The largest absolute Gasteiger partial charge is 0.457 e. The van der Waals surface area contributed by atoms with Gasteiger partial charge < -0.3 is 15.0 Å². The highest BCUT2D eigenvalue weighted by Crippen LogP contribution is 2.26. The number of halogens is 1. The summed E-state index contributed by atoms with van der Waals surface area (Å²) in [5.41, 5.74) is 1.52. The quantitative estimate of drug-likeness (QED) is 0.463. The summed E-state index contributed by atoms with van der Waals surface area (Å²) in [6.45, 7) is 2.94. The minimum Gasteiger partial charge on any atom is -0.457 e. The summed E-state index contributed by atoms with van der Waals surface area (Å²) in [4.78, 5) is 2.56. The van der Waals surface area contributed by atoms with Gasteiger partial charge in [0.2, 0.25) is 0 Å². The summed E-state index contributed by atoms with van der Waals surface area (Å²) in [5, 5.41) is 4.15. The summed E-state index contributed by atoms with van der Waals surface area (Å²) < 4.78 is 33.9. The Labute approximate surface area is 200 Å². The van der Waals surface area contributed by atoms with E-state index in [1.807, 2.05) is 12.1 Å². The molecule has 1 heterocycles. The van der Waals surface area contributed by atoms with E-state index in [0.717, 1.165) is 38.0 Å². The van der Waals surface area contributed by atoms with E-state index in [1.165, 1.54) is 0 Å². The monoisotopic (exact) mass is 485 g/mol. The number of hydrogen-bond acceptors (Lipinski definition) is 5. The van der Waals surface area contributed by atoms with E-state index in [9.17, 15) is 8.42 Å². The van der Waals surface area contributed by atoms with Crippen LogP contribution < -0.4 is 14.8 Å². The second-order valence-corrected chi connectivity index (χ2v) is 10.4. The Morgan fingerprint density at radius 1 is 0.970 bits per heavy atom. The van der Waals surface area contributed by atoms with Crippen LogP contribution in [0.25, 0.3) is 0 Å². The van der Waals surface area contributed by atoms with Crippen molar-refractivity contribution in [1.82, 2.24) is 10.2 Å². The number of anilines is 1. The maximum atomic E-state index is 12.8. The minimum atomic E-state index is -3.68. The predicted octanol–water partition coefficient (Wildman–Crippen LogP) is 5.12. The number of benzene rings is 3. The highest BCUT2D eigenvalue weighted by atomic mass is 35.5. The van der Waals surface area contributed by atoms with Crippen LogP contribution in [0.1, 0.15) is 18.4 Å². The number of ether oxygens (including phenoxy) is 1. The lowest BCUT2D eigenvalue weighted by Crippen LogP contribution is -2.40. The van der Waals surface area contributed by atoms with Gasteiger partial charge in [-0.3, -0.25) is 4.72 Å². The van der Waals surface area contributed by atoms with Gasteiger partial charge in [0.25, 0.3) is 10.0 Å². The molecule has 0 amide bonds. The average molecular weight is 486 g/mol. The molecule has 1 aliphatic rings. The SMILES string of the molecule is CN1CCC(NCc2ccc(S(=O)(=O)Nc3ccc(Oc4cccc(Cl)c4)cc3)cc2)CC1. The number of nitrogens with zero attached hydrogens (tertiary/aromatic N) is 1. The van der Waals surface area contributed by atoms with Crippen molar-refractivity contribution in [3.8, 4) is 11.5 Å². The van der Waals surface area contributed by atoms with Gasteiger partial charge in [-0.15, -0.1) is 0 Å². The van der Waals surface area contributed by atoms with Crippen LogP contribution in [0.2, 0.25) is 5.02 Å². The Balaban J connectivity index is 1.33. The second kappa shape index (κ2) is 10.6. The van der Waals surface area contributed by atoms with E-state index in [2.05, 4.69) is 22.0 Å². The molecule has 0 aromatic heterocycles. The van der Waals surface area contributed by atoms with Gasteiger partial charge in [-0.25, -0.2) is 8.42 Å². The molecule has 174 valence electrons. The first-order chi connectivity index (χ1) is 15.9. The second-order valence-electron chi connectivity index (χ2n) is 8.29. The molecule has 4 rings (SSSR count). The molecule has 1 fully saturated rings. The van der Waals surface area contributed by atoms with E-state index in [0.29, 0.717) is 28.3 Å². The van der Waals surface area contributed by atoms with Gasteiger partial charge in [0, 0.05) is 23.3 Å². The fourth-order valence-corrected chi connectivity index (χ4v) is 4.97. The molecule has 1 saturated heterocycles. The number of hydrogen-bond donors (Lipinski definition) is 2. The molecule has 0 spiro atoms. The number of piperidine rings is 1.